The van der Waals surface area contributed by atoms with Crippen molar-refractivity contribution in [3.8, 4) is 5.75 Å². The Labute approximate surface area is 121 Å². The fourth-order valence-electron chi connectivity index (χ4n) is 2.61. The summed E-state index contributed by atoms with van der Waals surface area (Å²) in [7, 11) is 0. The summed E-state index contributed by atoms with van der Waals surface area (Å²) in [5.74, 6) is 0.759. The molecule has 0 aromatic heterocycles. The molecule has 1 amide bonds. The molecule has 1 saturated carbocycles. The van der Waals surface area contributed by atoms with Crippen LogP contribution in [0, 0.1) is 13.8 Å². The second-order valence-electron chi connectivity index (χ2n) is 5.85. The predicted molar refractivity (Wildman–Crippen MR) is 81.0 cm³/mol. The van der Waals surface area contributed by atoms with Gasteiger partial charge in [0.1, 0.15) is 5.75 Å². The van der Waals surface area contributed by atoms with Gasteiger partial charge < -0.3 is 10.1 Å². The van der Waals surface area contributed by atoms with Crippen molar-refractivity contribution in [2.45, 2.75) is 65.0 Å². The van der Waals surface area contributed by atoms with Gasteiger partial charge in [-0.2, -0.15) is 0 Å². The van der Waals surface area contributed by atoms with Gasteiger partial charge in [0.2, 0.25) is 0 Å². The first-order valence-corrected chi connectivity index (χ1v) is 7.60. The maximum Gasteiger partial charge on any atom is 0.260 e. The zero-order chi connectivity index (χ0) is 14.5. The van der Waals surface area contributed by atoms with Crippen LogP contribution >= 0.6 is 0 Å². The summed E-state index contributed by atoms with van der Waals surface area (Å²) in [4.78, 5) is 12.1. The van der Waals surface area contributed by atoms with Crippen molar-refractivity contribution >= 4 is 5.91 Å². The SMILES string of the molecule is Cc1ccc(O[C@@H](C)C(=O)NC2CCCCC2)cc1C. The van der Waals surface area contributed by atoms with Gasteiger partial charge in [0, 0.05) is 6.04 Å². The van der Waals surface area contributed by atoms with E-state index in [2.05, 4.69) is 19.2 Å². The van der Waals surface area contributed by atoms with Crippen LogP contribution in [0.15, 0.2) is 18.2 Å². The molecule has 0 radical (unpaired) electrons. The largest absolute Gasteiger partial charge is 0.481 e. The Hall–Kier alpha value is -1.51. The van der Waals surface area contributed by atoms with E-state index in [9.17, 15) is 4.79 Å². The molecule has 3 heteroatoms. The highest BCUT2D eigenvalue weighted by Crippen LogP contribution is 2.19. The Morgan fingerprint density at radius 1 is 1.20 bits per heavy atom. The molecule has 0 saturated heterocycles. The minimum atomic E-state index is -0.445. The molecule has 1 aromatic rings. The van der Waals surface area contributed by atoms with Crippen molar-refractivity contribution in [2.24, 2.45) is 0 Å². The second kappa shape index (κ2) is 6.78. The molecule has 1 aromatic carbocycles. The molecule has 2 rings (SSSR count). The number of carbonyl (C=O) groups excluding carboxylic acids is 1. The summed E-state index contributed by atoms with van der Waals surface area (Å²) < 4.78 is 5.74. The Kier molecular flexibility index (Phi) is 5.05. The van der Waals surface area contributed by atoms with Crippen LogP contribution in [0.1, 0.15) is 50.2 Å². The summed E-state index contributed by atoms with van der Waals surface area (Å²) in [5, 5.41) is 3.10. The normalized spacial score (nSPS) is 17.6. The van der Waals surface area contributed by atoms with E-state index in [1.54, 1.807) is 0 Å². The Morgan fingerprint density at radius 2 is 1.90 bits per heavy atom. The maximum absolute atomic E-state index is 12.1. The molecule has 110 valence electrons. The topological polar surface area (TPSA) is 38.3 Å². The third kappa shape index (κ3) is 3.99. The summed E-state index contributed by atoms with van der Waals surface area (Å²) in [6.45, 7) is 5.93. The van der Waals surface area contributed by atoms with Crippen LogP contribution in [0.5, 0.6) is 5.75 Å². The van der Waals surface area contributed by atoms with Gasteiger partial charge in [-0.3, -0.25) is 4.79 Å². The standard InChI is InChI=1S/C17H25NO2/c1-12-9-10-16(11-13(12)2)20-14(3)17(19)18-15-7-5-4-6-8-15/h9-11,14-15H,4-8H2,1-3H3,(H,18,19)/t14-/m0/s1. The zero-order valence-corrected chi connectivity index (χ0v) is 12.7. The number of amides is 1. The van der Waals surface area contributed by atoms with Crippen molar-refractivity contribution in [1.82, 2.24) is 5.32 Å². The summed E-state index contributed by atoms with van der Waals surface area (Å²) in [5.41, 5.74) is 2.42. The van der Waals surface area contributed by atoms with E-state index in [0.29, 0.717) is 6.04 Å². The molecule has 1 atom stereocenters. The summed E-state index contributed by atoms with van der Waals surface area (Å²) in [6, 6.07) is 6.27. The van der Waals surface area contributed by atoms with Gasteiger partial charge in [-0.1, -0.05) is 25.3 Å². The quantitative estimate of drug-likeness (QED) is 0.913. The van der Waals surface area contributed by atoms with E-state index in [1.807, 2.05) is 25.1 Å². The lowest BCUT2D eigenvalue weighted by molar-refractivity contribution is -0.128. The van der Waals surface area contributed by atoms with Crippen LogP contribution in [-0.4, -0.2) is 18.1 Å². The van der Waals surface area contributed by atoms with Crippen molar-refractivity contribution in [3.63, 3.8) is 0 Å². The van der Waals surface area contributed by atoms with Gasteiger partial charge in [-0.25, -0.2) is 0 Å². The van der Waals surface area contributed by atoms with E-state index >= 15 is 0 Å². The molecule has 1 aliphatic rings. The number of carbonyl (C=O) groups is 1. The number of nitrogens with one attached hydrogen (secondary N) is 1. The van der Waals surface area contributed by atoms with Crippen LogP contribution in [0.4, 0.5) is 0 Å². The first-order chi connectivity index (χ1) is 9.56. The van der Waals surface area contributed by atoms with Crippen molar-refractivity contribution in [1.29, 1.82) is 0 Å². The number of benzene rings is 1. The van der Waals surface area contributed by atoms with E-state index in [1.165, 1.54) is 30.4 Å². The molecule has 0 aliphatic heterocycles. The van der Waals surface area contributed by atoms with E-state index in [-0.39, 0.29) is 5.91 Å². The van der Waals surface area contributed by atoms with Crippen molar-refractivity contribution in [2.75, 3.05) is 0 Å². The van der Waals surface area contributed by atoms with Gasteiger partial charge in [0.15, 0.2) is 6.10 Å². The molecule has 1 N–H and O–H groups in total. The third-order valence-electron chi connectivity index (χ3n) is 4.11. The highest BCUT2D eigenvalue weighted by molar-refractivity contribution is 5.81. The molecule has 1 fully saturated rings. The summed E-state index contributed by atoms with van der Waals surface area (Å²) >= 11 is 0. The maximum atomic E-state index is 12.1. The van der Waals surface area contributed by atoms with Crippen molar-refractivity contribution in [3.05, 3.63) is 29.3 Å². The molecule has 0 unspecified atom stereocenters. The number of ether oxygens (including phenoxy) is 1. The third-order valence-corrected chi connectivity index (χ3v) is 4.11. The van der Waals surface area contributed by atoms with Gasteiger partial charge in [0.25, 0.3) is 5.91 Å². The lowest BCUT2D eigenvalue weighted by Crippen LogP contribution is -2.43. The zero-order valence-electron chi connectivity index (χ0n) is 12.7. The fraction of sp³-hybridized carbons (Fsp3) is 0.588. The number of hydrogen-bond acceptors (Lipinski definition) is 2. The average molecular weight is 275 g/mol. The number of aryl methyl sites for hydroxylation is 2. The van der Waals surface area contributed by atoms with Crippen LogP contribution in [0.2, 0.25) is 0 Å². The Bertz CT molecular complexity index is 464. The van der Waals surface area contributed by atoms with Gasteiger partial charge >= 0.3 is 0 Å². The molecule has 3 nitrogen and oxygen atoms in total. The van der Waals surface area contributed by atoms with Crippen molar-refractivity contribution < 1.29 is 9.53 Å². The fourth-order valence-corrected chi connectivity index (χ4v) is 2.61. The monoisotopic (exact) mass is 275 g/mol. The Balaban J connectivity index is 1.88. The molecular formula is C17H25NO2. The molecule has 0 bridgehead atoms. The van der Waals surface area contributed by atoms with Crippen LogP contribution < -0.4 is 10.1 Å². The highest BCUT2D eigenvalue weighted by Gasteiger charge is 2.20. The van der Waals surface area contributed by atoms with E-state index in [0.717, 1.165) is 18.6 Å². The van der Waals surface area contributed by atoms with Crippen LogP contribution in [-0.2, 0) is 4.79 Å². The highest BCUT2D eigenvalue weighted by atomic mass is 16.5. The lowest BCUT2D eigenvalue weighted by atomic mass is 9.95. The minimum absolute atomic E-state index is 0.00451. The minimum Gasteiger partial charge on any atom is -0.481 e. The number of rotatable bonds is 4. The molecule has 20 heavy (non-hydrogen) atoms. The van der Waals surface area contributed by atoms with Gasteiger partial charge in [-0.15, -0.1) is 0 Å². The first-order valence-electron chi connectivity index (χ1n) is 7.60. The second-order valence-corrected chi connectivity index (χ2v) is 5.85. The molecular weight excluding hydrogens is 250 g/mol. The lowest BCUT2D eigenvalue weighted by Gasteiger charge is -2.24. The molecule has 1 aliphatic carbocycles. The van der Waals surface area contributed by atoms with Gasteiger partial charge in [-0.05, 0) is 56.9 Å². The van der Waals surface area contributed by atoms with E-state index < -0.39 is 6.10 Å². The van der Waals surface area contributed by atoms with Gasteiger partial charge in [0.05, 0.1) is 0 Å². The Morgan fingerprint density at radius 3 is 2.55 bits per heavy atom. The molecule has 0 spiro atoms. The number of hydrogen-bond donors (Lipinski definition) is 1. The van der Waals surface area contributed by atoms with Crippen LogP contribution in [0.3, 0.4) is 0 Å². The average Bonchev–Trinajstić information content (AvgIpc) is 2.44. The predicted octanol–water partition coefficient (Wildman–Crippen LogP) is 3.52. The van der Waals surface area contributed by atoms with E-state index in [4.69, 9.17) is 4.74 Å². The smallest absolute Gasteiger partial charge is 0.260 e. The van der Waals surface area contributed by atoms with Crippen LogP contribution in [0.25, 0.3) is 0 Å². The molecule has 0 heterocycles. The first kappa shape index (κ1) is 14.9. The summed E-state index contributed by atoms with van der Waals surface area (Å²) in [6.07, 6.45) is 5.49.